The van der Waals surface area contributed by atoms with Gasteiger partial charge in [0.15, 0.2) is 0 Å². The van der Waals surface area contributed by atoms with Gasteiger partial charge in [-0.3, -0.25) is 0 Å². The number of hydrogen-bond donors (Lipinski definition) is 0. The molecule has 0 saturated carbocycles. The first kappa shape index (κ1) is 14.2. The summed E-state index contributed by atoms with van der Waals surface area (Å²) in [5.41, 5.74) is 0. The van der Waals surface area contributed by atoms with Crippen molar-refractivity contribution in [1.82, 2.24) is 4.90 Å². The summed E-state index contributed by atoms with van der Waals surface area (Å²) >= 11 is 0. The SMILES string of the molecule is C=O.CCCN(CCC)CCC. The van der Waals surface area contributed by atoms with Crippen LogP contribution in [-0.2, 0) is 4.79 Å². The van der Waals surface area contributed by atoms with Crippen LogP contribution in [0.25, 0.3) is 0 Å². The van der Waals surface area contributed by atoms with Gasteiger partial charge in [0.2, 0.25) is 0 Å². The van der Waals surface area contributed by atoms with Crippen molar-refractivity contribution in [1.29, 1.82) is 0 Å². The Hall–Kier alpha value is -0.370. The van der Waals surface area contributed by atoms with Gasteiger partial charge in [-0.15, -0.1) is 0 Å². The van der Waals surface area contributed by atoms with E-state index in [0.717, 1.165) is 0 Å². The second-order valence-electron chi connectivity index (χ2n) is 2.84. The van der Waals surface area contributed by atoms with Gasteiger partial charge in [0, 0.05) is 0 Å². The quantitative estimate of drug-likeness (QED) is 0.614. The molecule has 0 aromatic heterocycles. The molecule has 0 aromatic carbocycles. The first-order valence-electron chi connectivity index (χ1n) is 4.86. The highest BCUT2D eigenvalue weighted by molar-refractivity contribution is 5.10. The smallest absolute Gasteiger partial charge is 0.106 e. The van der Waals surface area contributed by atoms with Gasteiger partial charge >= 0.3 is 0 Å². The summed E-state index contributed by atoms with van der Waals surface area (Å²) < 4.78 is 0. The van der Waals surface area contributed by atoms with Crippen molar-refractivity contribution in [2.24, 2.45) is 0 Å². The minimum absolute atomic E-state index is 1.28. The van der Waals surface area contributed by atoms with Crippen LogP contribution in [0.4, 0.5) is 0 Å². The average Bonchev–Trinajstić information content (AvgIpc) is 2.10. The van der Waals surface area contributed by atoms with Gasteiger partial charge in [-0.2, -0.15) is 0 Å². The standard InChI is InChI=1S/C9H21N.CH2O/c1-4-7-10(8-5-2)9-6-3;1-2/h4-9H2,1-3H3;1H2. The highest BCUT2D eigenvalue weighted by Gasteiger charge is 1.98. The Kier molecular flexibility index (Phi) is 15.6. The Morgan fingerprint density at radius 3 is 1.25 bits per heavy atom. The summed E-state index contributed by atoms with van der Waals surface area (Å²) in [5.74, 6) is 0. The lowest BCUT2D eigenvalue weighted by atomic mass is 10.3. The molecule has 0 aliphatic heterocycles. The molecule has 74 valence electrons. The van der Waals surface area contributed by atoms with E-state index in [4.69, 9.17) is 4.79 Å². The fraction of sp³-hybridized carbons (Fsp3) is 0.900. The molecule has 0 heterocycles. The molecule has 0 saturated heterocycles. The second-order valence-corrected chi connectivity index (χ2v) is 2.84. The summed E-state index contributed by atoms with van der Waals surface area (Å²) in [6, 6.07) is 0. The topological polar surface area (TPSA) is 20.3 Å². The van der Waals surface area contributed by atoms with Crippen LogP contribution >= 0.6 is 0 Å². The zero-order chi connectivity index (χ0) is 9.82. The van der Waals surface area contributed by atoms with E-state index in [2.05, 4.69) is 25.7 Å². The Morgan fingerprint density at radius 1 is 0.833 bits per heavy atom. The van der Waals surface area contributed by atoms with Crippen LogP contribution in [0, 0.1) is 0 Å². The first-order chi connectivity index (χ1) is 5.85. The summed E-state index contributed by atoms with van der Waals surface area (Å²) in [6.45, 7) is 12.6. The van der Waals surface area contributed by atoms with E-state index in [-0.39, 0.29) is 0 Å². The summed E-state index contributed by atoms with van der Waals surface area (Å²) in [7, 11) is 0. The fourth-order valence-corrected chi connectivity index (χ4v) is 1.28. The number of rotatable bonds is 6. The van der Waals surface area contributed by atoms with Crippen LogP contribution in [0.5, 0.6) is 0 Å². The lowest BCUT2D eigenvalue weighted by Crippen LogP contribution is -2.25. The first-order valence-corrected chi connectivity index (χ1v) is 4.86. The molecule has 0 aromatic rings. The third-order valence-electron chi connectivity index (χ3n) is 1.62. The maximum Gasteiger partial charge on any atom is 0.106 e. The third-order valence-corrected chi connectivity index (χ3v) is 1.62. The summed E-state index contributed by atoms with van der Waals surface area (Å²) in [5, 5.41) is 0. The van der Waals surface area contributed by atoms with Crippen molar-refractivity contribution in [3.63, 3.8) is 0 Å². The van der Waals surface area contributed by atoms with Gasteiger partial charge in [-0.05, 0) is 38.9 Å². The van der Waals surface area contributed by atoms with Crippen LogP contribution in [0.15, 0.2) is 0 Å². The Morgan fingerprint density at radius 2 is 1.08 bits per heavy atom. The number of carbonyl (C=O) groups is 1. The second kappa shape index (κ2) is 13.2. The maximum atomic E-state index is 8.00. The van der Waals surface area contributed by atoms with Crippen molar-refractivity contribution < 1.29 is 4.79 Å². The molecule has 0 aliphatic carbocycles. The largest absolute Gasteiger partial charge is 0.307 e. The van der Waals surface area contributed by atoms with Crippen LogP contribution in [-0.4, -0.2) is 31.3 Å². The van der Waals surface area contributed by atoms with Gasteiger partial charge in [-0.25, -0.2) is 0 Å². The van der Waals surface area contributed by atoms with E-state index in [9.17, 15) is 0 Å². The molecule has 2 heteroatoms. The molecule has 0 rings (SSSR count). The molecule has 0 spiro atoms. The number of carbonyl (C=O) groups excluding carboxylic acids is 1. The number of nitrogens with zero attached hydrogens (tertiary/aromatic N) is 1. The Balaban J connectivity index is 0. The predicted octanol–water partition coefficient (Wildman–Crippen LogP) is 2.33. The van der Waals surface area contributed by atoms with Gasteiger partial charge in [0.25, 0.3) is 0 Å². The molecule has 0 unspecified atom stereocenters. The van der Waals surface area contributed by atoms with Gasteiger partial charge in [0.1, 0.15) is 6.79 Å². The van der Waals surface area contributed by atoms with Crippen LogP contribution in [0.3, 0.4) is 0 Å². The Labute approximate surface area is 77.0 Å². The van der Waals surface area contributed by atoms with Crippen LogP contribution in [0.2, 0.25) is 0 Å². The van der Waals surface area contributed by atoms with E-state index in [0.29, 0.717) is 0 Å². The lowest BCUT2D eigenvalue weighted by molar-refractivity contribution is -0.0979. The van der Waals surface area contributed by atoms with Gasteiger partial charge in [-0.1, -0.05) is 20.8 Å². The fourth-order valence-electron chi connectivity index (χ4n) is 1.28. The van der Waals surface area contributed by atoms with Crippen molar-refractivity contribution in [2.75, 3.05) is 19.6 Å². The molecule has 0 N–H and O–H groups in total. The van der Waals surface area contributed by atoms with Crippen molar-refractivity contribution in [2.45, 2.75) is 40.0 Å². The van der Waals surface area contributed by atoms with E-state index in [1.165, 1.54) is 38.9 Å². The molecule has 0 amide bonds. The Bertz CT molecular complexity index is 62.0. The number of hydrogen-bond acceptors (Lipinski definition) is 2. The average molecular weight is 173 g/mol. The zero-order valence-electron chi connectivity index (χ0n) is 8.81. The van der Waals surface area contributed by atoms with Crippen LogP contribution < -0.4 is 0 Å². The molecule has 2 nitrogen and oxygen atoms in total. The van der Waals surface area contributed by atoms with Gasteiger partial charge in [0.05, 0.1) is 0 Å². The van der Waals surface area contributed by atoms with Crippen molar-refractivity contribution in [3.05, 3.63) is 0 Å². The highest BCUT2D eigenvalue weighted by Crippen LogP contribution is 1.94. The molecule has 0 bridgehead atoms. The molecule has 12 heavy (non-hydrogen) atoms. The zero-order valence-corrected chi connectivity index (χ0v) is 8.81. The molecule has 0 atom stereocenters. The molecular formula is C10H23NO. The van der Waals surface area contributed by atoms with Crippen LogP contribution in [0.1, 0.15) is 40.0 Å². The van der Waals surface area contributed by atoms with E-state index >= 15 is 0 Å². The molecule has 0 radical (unpaired) electrons. The maximum absolute atomic E-state index is 8.00. The molecule has 0 fully saturated rings. The minimum atomic E-state index is 1.28. The van der Waals surface area contributed by atoms with Gasteiger partial charge < -0.3 is 9.69 Å². The minimum Gasteiger partial charge on any atom is -0.307 e. The predicted molar refractivity (Wildman–Crippen MR) is 54.4 cm³/mol. The highest BCUT2D eigenvalue weighted by atomic mass is 16.1. The third kappa shape index (κ3) is 9.63. The summed E-state index contributed by atoms with van der Waals surface area (Å²) in [6.07, 6.45) is 3.88. The molecule has 0 aliphatic rings. The molecular weight excluding hydrogens is 150 g/mol. The normalized spacial score (nSPS) is 9.33. The summed E-state index contributed by atoms with van der Waals surface area (Å²) in [4.78, 5) is 10.5. The monoisotopic (exact) mass is 173 g/mol. The van der Waals surface area contributed by atoms with Crippen molar-refractivity contribution in [3.8, 4) is 0 Å². The van der Waals surface area contributed by atoms with E-state index < -0.39 is 0 Å². The van der Waals surface area contributed by atoms with Crippen molar-refractivity contribution >= 4 is 6.79 Å². The van der Waals surface area contributed by atoms with E-state index in [1.807, 2.05) is 6.79 Å². The van der Waals surface area contributed by atoms with E-state index in [1.54, 1.807) is 0 Å². The lowest BCUT2D eigenvalue weighted by Gasteiger charge is -2.19.